The fourth-order valence-corrected chi connectivity index (χ4v) is 3.59. The lowest BCUT2D eigenvalue weighted by Gasteiger charge is -2.17. The highest BCUT2D eigenvalue weighted by Crippen LogP contribution is 2.24. The molecule has 6 heteroatoms. The third-order valence-electron chi connectivity index (χ3n) is 5.24. The van der Waals surface area contributed by atoms with Gasteiger partial charge in [-0.1, -0.05) is 38.1 Å². The second-order valence-electron chi connectivity index (χ2n) is 6.83. The van der Waals surface area contributed by atoms with Gasteiger partial charge in [-0.15, -0.1) is 0 Å². The van der Waals surface area contributed by atoms with E-state index in [1.54, 1.807) is 15.5 Å². The first-order valence-corrected chi connectivity index (χ1v) is 10.2. The molecule has 6 nitrogen and oxygen atoms in total. The first-order valence-electron chi connectivity index (χ1n) is 10.2. The summed E-state index contributed by atoms with van der Waals surface area (Å²) in [6, 6.07) is 11.5. The normalized spacial score (nSPS) is 10.9. The topological polar surface area (TPSA) is 66.7 Å². The molecule has 0 radical (unpaired) electrons. The zero-order chi connectivity index (χ0) is 21.0. The maximum atomic E-state index is 13.2. The fraction of sp³-hybridized carbons (Fsp3) is 0.348. The Labute approximate surface area is 171 Å². The average Bonchev–Trinajstić information content (AvgIpc) is 3.14. The lowest BCUT2D eigenvalue weighted by Crippen LogP contribution is -2.31. The highest BCUT2D eigenvalue weighted by atomic mass is 16.2. The Morgan fingerprint density at radius 2 is 1.62 bits per heavy atom. The molecule has 0 atom stereocenters. The Bertz CT molecular complexity index is 1010. The summed E-state index contributed by atoms with van der Waals surface area (Å²) in [6.45, 7) is 9.17. The number of hydrogen-bond acceptors (Lipinski definition) is 3. The van der Waals surface area contributed by atoms with Crippen molar-refractivity contribution in [3.05, 3.63) is 65.2 Å². The van der Waals surface area contributed by atoms with Crippen LogP contribution < -0.4 is 5.32 Å². The Kier molecular flexibility index (Phi) is 6.32. The smallest absolute Gasteiger partial charge is 0.292 e. The van der Waals surface area contributed by atoms with Crippen molar-refractivity contribution < 1.29 is 9.59 Å². The van der Waals surface area contributed by atoms with Crippen molar-refractivity contribution in [2.45, 2.75) is 40.5 Å². The Balaban J connectivity index is 2.05. The molecule has 1 aromatic carbocycles. The summed E-state index contributed by atoms with van der Waals surface area (Å²) >= 11 is 0. The van der Waals surface area contributed by atoms with Crippen LogP contribution in [0.5, 0.6) is 0 Å². The average molecular weight is 393 g/mol. The first kappa shape index (κ1) is 20.6. The summed E-state index contributed by atoms with van der Waals surface area (Å²) in [7, 11) is 0. The highest BCUT2D eigenvalue weighted by Gasteiger charge is 2.24. The van der Waals surface area contributed by atoms with Gasteiger partial charge in [-0.2, -0.15) is 0 Å². The molecule has 0 saturated heterocycles. The van der Waals surface area contributed by atoms with Crippen molar-refractivity contribution in [3.63, 3.8) is 0 Å². The maximum Gasteiger partial charge on any atom is 0.292 e. The maximum absolute atomic E-state index is 13.2. The van der Waals surface area contributed by atoms with E-state index >= 15 is 0 Å². The van der Waals surface area contributed by atoms with Crippen molar-refractivity contribution in [1.29, 1.82) is 0 Å². The van der Waals surface area contributed by atoms with Crippen molar-refractivity contribution in [1.82, 2.24) is 14.3 Å². The number of imidazole rings is 1. The molecule has 0 fully saturated rings. The molecular formula is C23H28N4O2. The number of anilines is 1. The van der Waals surface area contributed by atoms with E-state index in [9.17, 15) is 9.59 Å². The number of pyridine rings is 1. The SMILES string of the molecule is CCc1cccc(CC)c1NC(=O)c1nc(C(=O)N(CC)CC)c2ccccn12. The molecule has 0 unspecified atom stereocenters. The van der Waals surface area contributed by atoms with Crippen LogP contribution in [0, 0.1) is 0 Å². The Morgan fingerprint density at radius 3 is 2.21 bits per heavy atom. The van der Waals surface area contributed by atoms with Gasteiger partial charge in [0.15, 0.2) is 5.69 Å². The summed E-state index contributed by atoms with van der Waals surface area (Å²) in [5, 5.41) is 3.05. The summed E-state index contributed by atoms with van der Waals surface area (Å²) in [5.74, 6) is -0.273. The van der Waals surface area contributed by atoms with Gasteiger partial charge in [-0.05, 0) is 49.9 Å². The lowest BCUT2D eigenvalue weighted by molar-refractivity contribution is 0.0769. The number of aromatic nitrogens is 2. The van der Waals surface area contributed by atoms with Crippen LogP contribution in [0.3, 0.4) is 0 Å². The molecule has 3 rings (SSSR count). The molecule has 0 aliphatic heterocycles. The van der Waals surface area contributed by atoms with Crippen LogP contribution >= 0.6 is 0 Å². The van der Waals surface area contributed by atoms with E-state index in [1.165, 1.54) is 0 Å². The van der Waals surface area contributed by atoms with Gasteiger partial charge in [-0.3, -0.25) is 14.0 Å². The van der Waals surface area contributed by atoms with Gasteiger partial charge in [0, 0.05) is 25.0 Å². The number of nitrogens with zero attached hydrogens (tertiary/aromatic N) is 3. The molecule has 0 aliphatic rings. The van der Waals surface area contributed by atoms with Crippen LogP contribution in [0.25, 0.3) is 5.52 Å². The number of benzene rings is 1. The molecule has 0 saturated carbocycles. The third kappa shape index (κ3) is 3.88. The van der Waals surface area contributed by atoms with Gasteiger partial charge in [0.25, 0.3) is 11.8 Å². The second kappa shape index (κ2) is 8.90. The highest BCUT2D eigenvalue weighted by molar-refractivity contribution is 6.06. The predicted octanol–water partition coefficient (Wildman–Crippen LogP) is 4.19. The van der Waals surface area contributed by atoms with E-state index in [4.69, 9.17) is 0 Å². The molecular weight excluding hydrogens is 364 g/mol. The summed E-state index contributed by atoms with van der Waals surface area (Å²) < 4.78 is 1.69. The van der Waals surface area contributed by atoms with Crippen molar-refractivity contribution in [3.8, 4) is 0 Å². The fourth-order valence-electron chi connectivity index (χ4n) is 3.59. The predicted molar refractivity (Wildman–Crippen MR) is 116 cm³/mol. The number of carbonyl (C=O) groups is 2. The van der Waals surface area contributed by atoms with Crippen LogP contribution in [-0.4, -0.2) is 39.2 Å². The van der Waals surface area contributed by atoms with Crippen molar-refractivity contribution >= 4 is 23.0 Å². The molecule has 0 aliphatic carbocycles. The Morgan fingerprint density at radius 1 is 0.966 bits per heavy atom. The van der Waals surface area contributed by atoms with Crippen LogP contribution in [0.4, 0.5) is 5.69 Å². The van der Waals surface area contributed by atoms with Crippen LogP contribution in [-0.2, 0) is 12.8 Å². The van der Waals surface area contributed by atoms with Gasteiger partial charge < -0.3 is 10.2 Å². The monoisotopic (exact) mass is 392 g/mol. The van der Waals surface area contributed by atoms with Gasteiger partial charge in [0.2, 0.25) is 5.82 Å². The number of rotatable bonds is 7. The van der Waals surface area contributed by atoms with Gasteiger partial charge in [-0.25, -0.2) is 4.98 Å². The molecule has 152 valence electrons. The minimum atomic E-state index is -0.319. The number of nitrogens with one attached hydrogen (secondary N) is 1. The summed E-state index contributed by atoms with van der Waals surface area (Å²) in [5.41, 5.74) is 3.94. The molecule has 0 spiro atoms. The zero-order valence-electron chi connectivity index (χ0n) is 17.5. The van der Waals surface area contributed by atoms with Crippen LogP contribution in [0.2, 0.25) is 0 Å². The van der Waals surface area contributed by atoms with Crippen molar-refractivity contribution in [2.24, 2.45) is 0 Å². The number of fused-ring (bicyclic) bond motifs is 1. The largest absolute Gasteiger partial charge is 0.338 e. The van der Waals surface area contributed by atoms with Gasteiger partial charge >= 0.3 is 0 Å². The number of amides is 2. The van der Waals surface area contributed by atoms with E-state index in [2.05, 4.69) is 24.1 Å². The first-order chi connectivity index (χ1) is 14.0. The minimum Gasteiger partial charge on any atom is -0.338 e. The quantitative estimate of drug-likeness (QED) is 0.655. The Hall–Kier alpha value is -3.15. The molecule has 29 heavy (non-hydrogen) atoms. The molecule has 2 amide bonds. The number of carbonyl (C=O) groups excluding carboxylic acids is 2. The van der Waals surface area contributed by atoms with E-state index < -0.39 is 0 Å². The van der Waals surface area contributed by atoms with Crippen LogP contribution in [0.1, 0.15) is 59.9 Å². The minimum absolute atomic E-state index is 0.166. The molecule has 2 heterocycles. The summed E-state index contributed by atoms with van der Waals surface area (Å²) in [4.78, 5) is 32.3. The molecule has 0 bridgehead atoms. The van der Waals surface area contributed by atoms with E-state index in [-0.39, 0.29) is 17.6 Å². The standard InChI is InChI=1S/C23H28N4O2/c1-5-16-12-11-13-17(6-2)19(16)25-22(28)21-24-20(23(29)26(7-3)8-4)18-14-9-10-15-27(18)21/h9-15H,5-8H2,1-4H3,(H,25,28). The molecule has 3 aromatic rings. The summed E-state index contributed by atoms with van der Waals surface area (Å²) in [6.07, 6.45) is 3.40. The van der Waals surface area contributed by atoms with E-state index in [1.807, 2.05) is 50.2 Å². The van der Waals surface area contributed by atoms with E-state index in [0.717, 1.165) is 29.7 Å². The number of aryl methyl sites for hydroxylation is 2. The molecule has 2 aromatic heterocycles. The van der Waals surface area contributed by atoms with E-state index in [0.29, 0.717) is 24.3 Å². The van der Waals surface area contributed by atoms with Gasteiger partial charge in [0.1, 0.15) is 0 Å². The van der Waals surface area contributed by atoms with Gasteiger partial charge in [0.05, 0.1) is 5.52 Å². The number of para-hydroxylation sites is 1. The zero-order valence-corrected chi connectivity index (χ0v) is 17.5. The number of hydrogen-bond donors (Lipinski definition) is 1. The van der Waals surface area contributed by atoms with Crippen molar-refractivity contribution in [2.75, 3.05) is 18.4 Å². The second-order valence-corrected chi connectivity index (χ2v) is 6.83. The van der Waals surface area contributed by atoms with Crippen LogP contribution in [0.15, 0.2) is 42.6 Å². The molecule has 1 N–H and O–H groups in total. The third-order valence-corrected chi connectivity index (χ3v) is 5.24. The lowest BCUT2D eigenvalue weighted by atomic mass is 10.0.